The van der Waals surface area contributed by atoms with Crippen molar-refractivity contribution >= 4 is 29.3 Å². The predicted molar refractivity (Wildman–Crippen MR) is 102 cm³/mol. The van der Waals surface area contributed by atoms with E-state index in [1.165, 1.54) is 18.2 Å². The molecule has 4 rings (SSSR count). The maximum atomic E-state index is 12.7. The van der Waals surface area contributed by atoms with Crippen molar-refractivity contribution in [2.75, 3.05) is 7.11 Å². The Kier molecular flexibility index (Phi) is 4.89. The normalized spacial score (nSPS) is 18.1. The molecule has 0 fully saturated rings. The van der Waals surface area contributed by atoms with Gasteiger partial charge < -0.3 is 14.2 Å². The van der Waals surface area contributed by atoms with Crippen molar-refractivity contribution in [2.24, 2.45) is 0 Å². The van der Waals surface area contributed by atoms with Gasteiger partial charge in [-0.05, 0) is 17.7 Å². The van der Waals surface area contributed by atoms with Crippen LogP contribution in [0.2, 0.25) is 0 Å². The Labute approximate surface area is 170 Å². The van der Waals surface area contributed by atoms with Crippen molar-refractivity contribution < 1.29 is 33.4 Å². The van der Waals surface area contributed by atoms with Crippen LogP contribution < -0.4 is 0 Å². The average molecular weight is 405 g/mol. The molecule has 0 spiro atoms. The first kappa shape index (κ1) is 19.1. The fraction of sp³-hybridized carbons (Fsp3) is 0.0909. The van der Waals surface area contributed by atoms with E-state index in [2.05, 4.69) is 0 Å². The molecule has 0 aromatic heterocycles. The maximum Gasteiger partial charge on any atom is 0.358 e. The number of hydrogen-bond acceptors (Lipinski definition) is 7. The summed E-state index contributed by atoms with van der Waals surface area (Å²) in [6, 6.07) is 15.1. The number of carbonyl (C=O) groups is 4. The summed E-state index contributed by atoms with van der Waals surface area (Å²) in [7, 11) is 1.11. The van der Waals surface area contributed by atoms with Gasteiger partial charge >= 0.3 is 11.9 Å². The molecule has 2 amide bonds. The second-order valence-corrected chi connectivity index (χ2v) is 6.36. The van der Waals surface area contributed by atoms with Crippen LogP contribution in [0.25, 0.3) is 5.57 Å². The number of nitrogens with zero attached hydrogens (tertiary/aromatic N) is 1. The molecular weight excluding hydrogens is 390 g/mol. The molecule has 2 aromatic rings. The van der Waals surface area contributed by atoms with Crippen molar-refractivity contribution in [1.29, 1.82) is 0 Å². The van der Waals surface area contributed by atoms with Crippen LogP contribution in [0.1, 0.15) is 26.3 Å². The quantitative estimate of drug-likeness (QED) is 0.326. The van der Waals surface area contributed by atoms with Crippen LogP contribution in [0.3, 0.4) is 0 Å². The average Bonchev–Trinajstić information content (AvgIpc) is 3.27. The molecule has 1 atom stereocenters. The number of esters is 2. The number of cyclic esters (lactones) is 1. The van der Waals surface area contributed by atoms with E-state index >= 15 is 0 Å². The minimum absolute atomic E-state index is 0.162. The number of rotatable bonds is 5. The first-order valence-corrected chi connectivity index (χ1v) is 8.90. The van der Waals surface area contributed by atoms with Gasteiger partial charge in [-0.15, -0.1) is 0 Å². The molecule has 0 bridgehead atoms. The van der Waals surface area contributed by atoms with Crippen LogP contribution in [0.15, 0.2) is 72.6 Å². The van der Waals surface area contributed by atoms with Gasteiger partial charge in [0.05, 0.1) is 18.2 Å². The zero-order chi connectivity index (χ0) is 21.3. The molecule has 2 aromatic carbocycles. The Balaban J connectivity index is 1.65. The van der Waals surface area contributed by atoms with Crippen molar-refractivity contribution in [3.63, 3.8) is 0 Å². The molecule has 0 saturated heterocycles. The summed E-state index contributed by atoms with van der Waals surface area (Å²) >= 11 is 0. The number of imide groups is 1. The molecule has 0 unspecified atom stereocenters. The molecule has 30 heavy (non-hydrogen) atoms. The molecule has 0 radical (unpaired) electrons. The lowest BCUT2D eigenvalue weighted by Crippen LogP contribution is -2.34. The zero-order valence-electron chi connectivity index (χ0n) is 15.7. The minimum Gasteiger partial charge on any atom is -0.464 e. The molecule has 0 N–H and O–H groups in total. The van der Waals surface area contributed by atoms with Gasteiger partial charge in [0.1, 0.15) is 6.26 Å². The molecule has 2 aliphatic rings. The number of benzene rings is 2. The second kappa shape index (κ2) is 7.67. The topological polar surface area (TPSA) is 99.2 Å². The minimum atomic E-state index is -1.16. The summed E-state index contributed by atoms with van der Waals surface area (Å²) in [5.41, 5.74) is 1.01. The third-order valence-electron chi connectivity index (χ3n) is 4.59. The number of ether oxygens (including phenoxy) is 3. The molecule has 2 aliphatic heterocycles. The van der Waals surface area contributed by atoms with Crippen LogP contribution in [-0.4, -0.2) is 42.1 Å². The Morgan fingerprint density at radius 2 is 1.57 bits per heavy atom. The highest BCUT2D eigenvalue weighted by atomic mass is 16.7. The van der Waals surface area contributed by atoms with E-state index in [9.17, 15) is 19.2 Å². The Bertz CT molecular complexity index is 1080. The fourth-order valence-corrected chi connectivity index (χ4v) is 3.18. The van der Waals surface area contributed by atoms with Gasteiger partial charge in [-0.2, -0.15) is 0 Å². The van der Waals surface area contributed by atoms with E-state index in [1.807, 2.05) is 6.07 Å². The fourth-order valence-electron chi connectivity index (χ4n) is 3.18. The van der Waals surface area contributed by atoms with Gasteiger partial charge in [-0.25, -0.2) is 14.5 Å². The van der Waals surface area contributed by atoms with E-state index in [1.54, 1.807) is 36.4 Å². The summed E-state index contributed by atoms with van der Waals surface area (Å²) in [6.45, 7) is 0. The van der Waals surface area contributed by atoms with Gasteiger partial charge in [0, 0.05) is 11.6 Å². The first-order valence-electron chi connectivity index (χ1n) is 8.90. The lowest BCUT2D eigenvalue weighted by atomic mass is 10.1. The summed E-state index contributed by atoms with van der Waals surface area (Å²) in [6.07, 6.45) is 1.01. The van der Waals surface area contributed by atoms with E-state index in [-0.39, 0.29) is 11.1 Å². The third kappa shape index (κ3) is 3.24. The van der Waals surface area contributed by atoms with Gasteiger partial charge in [0.2, 0.25) is 0 Å². The van der Waals surface area contributed by atoms with Crippen LogP contribution in [0, 0.1) is 0 Å². The summed E-state index contributed by atoms with van der Waals surface area (Å²) in [5, 5.41) is 0. The highest BCUT2D eigenvalue weighted by Crippen LogP contribution is 2.30. The third-order valence-corrected chi connectivity index (χ3v) is 4.59. The number of methoxy groups -OCH3 is 1. The summed E-state index contributed by atoms with van der Waals surface area (Å²) in [4.78, 5) is 50.2. The maximum absolute atomic E-state index is 12.7. The number of amides is 2. The van der Waals surface area contributed by atoms with Gasteiger partial charge in [0.25, 0.3) is 18.1 Å². The molecule has 2 heterocycles. The lowest BCUT2D eigenvalue weighted by molar-refractivity contribution is -0.150. The molecule has 8 nitrogen and oxygen atoms in total. The molecule has 150 valence electrons. The summed E-state index contributed by atoms with van der Waals surface area (Å²) in [5.74, 6) is -2.94. The number of hydrogen-bond donors (Lipinski definition) is 0. The van der Waals surface area contributed by atoms with E-state index in [0.717, 1.165) is 13.4 Å². The van der Waals surface area contributed by atoms with Gasteiger partial charge in [-0.3, -0.25) is 9.59 Å². The smallest absolute Gasteiger partial charge is 0.358 e. The van der Waals surface area contributed by atoms with Crippen LogP contribution >= 0.6 is 0 Å². The SMILES string of the molecule is COC(=O)/C(=C/O[C@@H]1OC(=O)C=C1c1ccccc1)N1C(=O)c2ccccc2C1=O. The first-order chi connectivity index (χ1) is 14.5. The number of carbonyl (C=O) groups excluding carboxylic acids is 4. The molecule has 8 heteroatoms. The highest BCUT2D eigenvalue weighted by molar-refractivity contribution is 6.24. The van der Waals surface area contributed by atoms with Crippen LogP contribution in [0.5, 0.6) is 0 Å². The Morgan fingerprint density at radius 1 is 0.967 bits per heavy atom. The molecule has 0 aliphatic carbocycles. The van der Waals surface area contributed by atoms with E-state index in [4.69, 9.17) is 14.2 Å². The van der Waals surface area contributed by atoms with Crippen LogP contribution in [-0.2, 0) is 23.8 Å². The Hall–Kier alpha value is -4.20. The molecular formula is C22H15NO7. The van der Waals surface area contributed by atoms with Crippen LogP contribution in [0.4, 0.5) is 0 Å². The lowest BCUT2D eigenvalue weighted by Gasteiger charge is -2.18. The van der Waals surface area contributed by atoms with Gasteiger partial charge in [0.15, 0.2) is 5.70 Å². The Morgan fingerprint density at radius 3 is 2.17 bits per heavy atom. The van der Waals surface area contributed by atoms with Crippen molar-refractivity contribution in [3.8, 4) is 0 Å². The van der Waals surface area contributed by atoms with Crippen molar-refractivity contribution in [1.82, 2.24) is 4.90 Å². The predicted octanol–water partition coefficient (Wildman–Crippen LogP) is 2.28. The second-order valence-electron chi connectivity index (χ2n) is 6.36. The van der Waals surface area contributed by atoms with Gasteiger partial charge in [-0.1, -0.05) is 42.5 Å². The largest absolute Gasteiger partial charge is 0.464 e. The summed E-state index contributed by atoms with van der Waals surface area (Å²) < 4.78 is 15.4. The zero-order valence-corrected chi connectivity index (χ0v) is 15.7. The monoisotopic (exact) mass is 405 g/mol. The van der Waals surface area contributed by atoms with E-state index in [0.29, 0.717) is 16.0 Å². The van der Waals surface area contributed by atoms with E-state index < -0.39 is 35.7 Å². The van der Waals surface area contributed by atoms with Crippen molar-refractivity contribution in [3.05, 3.63) is 89.3 Å². The standard InChI is InChI=1S/C22H15NO7/c1-28-21(27)17(23-19(25)14-9-5-6-10-15(14)20(23)26)12-29-22-16(11-18(24)30-22)13-7-3-2-4-8-13/h2-12,22H,1H3/b17-12-/t22-/m1/s1. The molecule has 0 saturated carbocycles. The van der Waals surface area contributed by atoms with Crippen molar-refractivity contribution in [2.45, 2.75) is 6.29 Å². The highest BCUT2D eigenvalue weighted by Gasteiger charge is 2.41. The number of fused-ring (bicyclic) bond motifs is 1.